The zero-order valence-electron chi connectivity index (χ0n) is 16.4. The molecule has 2 aromatic rings. The molecule has 0 saturated heterocycles. The van der Waals surface area contributed by atoms with Crippen molar-refractivity contribution in [2.75, 3.05) is 4.90 Å². The van der Waals surface area contributed by atoms with Crippen molar-refractivity contribution in [2.24, 2.45) is 4.99 Å². The van der Waals surface area contributed by atoms with Gasteiger partial charge in [0.15, 0.2) is 0 Å². The van der Waals surface area contributed by atoms with E-state index in [-0.39, 0.29) is 5.54 Å². The minimum atomic E-state index is 0.187. The van der Waals surface area contributed by atoms with E-state index in [1.54, 1.807) is 0 Å². The third-order valence-corrected chi connectivity index (χ3v) is 5.29. The molecular formula is C23H30N2. The Morgan fingerprint density at radius 1 is 1.16 bits per heavy atom. The lowest BCUT2D eigenvalue weighted by molar-refractivity contribution is 0.356. The van der Waals surface area contributed by atoms with Gasteiger partial charge in [-0.3, -0.25) is 4.99 Å². The number of benzene rings is 2. The fourth-order valence-electron chi connectivity index (χ4n) is 4.39. The van der Waals surface area contributed by atoms with Crippen LogP contribution in [0.5, 0.6) is 0 Å². The lowest BCUT2D eigenvalue weighted by Gasteiger charge is -2.50. The van der Waals surface area contributed by atoms with Gasteiger partial charge >= 0.3 is 0 Å². The normalized spacial score (nSPS) is 19.5. The maximum Gasteiger partial charge on any atom is 0.0629 e. The Hall–Kier alpha value is -2.09. The van der Waals surface area contributed by atoms with E-state index in [0.717, 1.165) is 5.69 Å². The van der Waals surface area contributed by atoms with Gasteiger partial charge in [0.1, 0.15) is 0 Å². The highest BCUT2D eigenvalue weighted by Crippen LogP contribution is 2.45. The number of aliphatic imine (C=N–C) groups is 1. The van der Waals surface area contributed by atoms with Crippen LogP contribution >= 0.6 is 0 Å². The van der Waals surface area contributed by atoms with E-state index in [1.807, 2.05) is 36.5 Å². The summed E-state index contributed by atoms with van der Waals surface area (Å²) in [5, 5.41) is 0. The van der Waals surface area contributed by atoms with Gasteiger partial charge in [0.25, 0.3) is 0 Å². The van der Waals surface area contributed by atoms with Crippen LogP contribution < -0.4 is 4.90 Å². The van der Waals surface area contributed by atoms with Crippen LogP contribution in [0.4, 0.5) is 11.4 Å². The van der Waals surface area contributed by atoms with Crippen LogP contribution in [-0.2, 0) is 0 Å². The third-order valence-electron chi connectivity index (χ3n) is 5.29. The predicted octanol–water partition coefficient (Wildman–Crippen LogP) is 6.25. The molecule has 1 atom stereocenters. The number of aryl methyl sites for hydroxylation is 1. The topological polar surface area (TPSA) is 15.6 Å². The number of rotatable bonds is 3. The summed E-state index contributed by atoms with van der Waals surface area (Å²) in [6, 6.07) is 15.3. The average molecular weight is 335 g/mol. The van der Waals surface area contributed by atoms with Crippen LogP contribution in [0.15, 0.2) is 47.5 Å². The Balaban J connectivity index is 2.04. The summed E-state index contributed by atoms with van der Waals surface area (Å²) in [5.74, 6) is 0.560. The van der Waals surface area contributed by atoms with E-state index in [2.05, 4.69) is 63.6 Å². The first-order chi connectivity index (χ1) is 11.8. The molecule has 0 radical (unpaired) electrons. The second-order valence-electron chi connectivity index (χ2n) is 8.24. The summed E-state index contributed by atoms with van der Waals surface area (Å²) >= 11 is 0. The van der Waals surface area contributed by atoms with Gasteiger partial charge in [-0.15, -0.1) is 0 Å². The molecule has 1 aliphatic rings. The largest absolute Gasteiger partial charge is 0.364 e. The Kier molecular flexibility index (Phi) is 4.73. The minimum Gasteiger partial charge on any atom is -0.364 e. The SMILES string of the molecule is Cc1cc2c(cc1C=Nc1ccccc1)[C@@H](C)CC(C)(C)N2C(C)C. The molecule has 0 bridgehead atoms. The number of fused-ring (bicyclic) bond motifs is 1. The van der Waals surface area contributed by atoms with Crippen molar-refractivity contribution < 1.29 is 0 Å². The van der Waals surface area contributed by atoms with Crippen molar-refractivity contribution in [1.82, 2.24) is 0 Å². The van der Waals surface area contributed by atoms with Crippen LogP contribution in [0, 0.1) is 6.92 Å². The standard InChI is InChI=1S/C23H30N2/c1-16(2)25-22-12-17(3)19(15-24-20-10-8-7-9-11-20)13-21(22)18(4)14-23(25,5)6/h7-13,15-16,18H,14H2,1-6H3/t18-/m0/s1. The maximum atomic E-state index is 4.66. The minimum absolute atomic E-state index is 0.187. The quantitative estimate of drug-likeness (QED) is 0.606. The van der Waals surface area contributed by atoms with E-state index in [1.165, 1.54) is 28.8 Å². The van der Waals surface area contributed by atoms with E-state index in [4.69, 9.17) is 0 Å². The first-order valence-electron chi connectivity index (χ1n) is 9.32. The van der Waals surface area contributed by atoms with Gasteiger partial charge in [-0.05, 0) is 87.9 Å². The summed E-state index contributed by atoms with van der Waals surface area (Å²) in [6.07, 6.45) is 3.19. The molecule has 3 rings (SSSR count). The Morgan fingerprint density at radius 2 is 1.84 bits per heavy atom. The summed E-state index contributed by atoms with van der Waals surface area (Å²) in [5.41, 5.74) is 6.54. The molecule has 0 N–H and O–H groups in total. The molecule has 1 heterocycles. The number of hydrogen-bond donors (Lipinski definition) is 0. The van der Waals surface area contributed by atoms with Gasteiger partial charge in [-0.1, -0.05) is 25.1 Å². The van der Waals surface area contributed by atoms with Gasteiger partial charge in [0, 0.05) is 23.5 Å². The summed E-state index contributed by atoms with van der Waals surface area (Å²) in [4.78, 5) is 7.25. The molecule has 25 heavy (non-hydrogen) atoms. The van der Waals surface area contributed by atoms with E-state index >= 15 is 0 Å². The molecule has 1 aliphatic heterocycles. The molecule has 2 nitrogen and oxygen atoms in total. The van der Waals surface area contributed by atoms with Crippen molar-refractivity contribution in [3.63, 3.8) is 0 Å². The van der Waals surface area contributed by atoms with E-state index < -0.39 is 0 Å². The Labute approximate surface area is 152 Å². The van der Waals surface area contributed by atoms with Crippen LogP contribution in [0.3, 0.4) is 0 Å². The molecule has 2 aromatic carbocycles. The zero-order valence-corrected chi connectivity index (χ0v) is 16.4. The van der Waals surface area contributed by atoms with Crippen molar-refractivity contribution in [3.8, 4) is 0 Å². The van der Waals surface area contributed by atoms with E-state index in [0.29, 0.717) is 12.0 Å². The number of para-hydroxylation sites is 1. The first-order valence-corrected chi connectivity index (χ1v) is 9.32. The van der Waals surface area contributed by atoms with Crippen molar-refractivity contribution in [3.05, 3.63) is 59.2 Å². The summed E-state index contributed by atoms with van der Waals surface area (Å²) in [6.45, 7) is 13.9. The highest BCUT2D eigenvalue weighted by molar-refractivity contribution is 5.86. The van der Waals surface area contributed by atoms with Crippen LogP contribution in [0.25, 0.3) is 0 Å². The Morgan fingerprint density at radius 3 is 2.48 bits per heavy atom. The molecule has 0 amide bonds. The molecule has 2 heteroatoms. The Bertz CT molecular complexity index is 772. The second kappa shape index (κ2) is 6.67. The zero-order chi connectivity index (χ0) is 18.2. The molecule has 0 saturated carbocycles. The fourth-order valence-corrected chi connectivity index (χ4v) is 4.39. The lowest BCUT2D eigenvalue weighted by Crippen LogP contribution is -2.51. The third kappa shape index (κ3) is 3.49. The molecular weight excluding hydrogens is 304 g/mol. The summed E-state index contributed by atoms with van der Waals surface area (Å²) in [7, 11) is 0. The summed E-state index contributed by atoms with van der Waals surface area (Å²) < 4.78 is 0. The van der Waals surface area contributed by atoms with Crippen LogP contribution in [0.2, 0.25) is 0 Å². The lowest BCUT2D eigenvalue weighted by atomic mass is 9.78. The highest BCUT2D eigenvalue weighted by Gasteiger charge is 2.37. The molecule has 0 unspecified atom stereocenters. The van der Waals surface area contributed by atoms with Crippen LogP contribution in [-0.4, -0.2) is 17.8 Å². The average Bonchev–Trinajstić information content (AvgIpc) is 2.53. The highest BCUT2D eigenvalue weighted by atomic mass is 15.2. The van der Waals surface area contributed by atoms with Crippen molar-refractivity contribution in [1.29, 1.82) is 0 Å². The first kappa shape index (κ1) is 17.7. The van der Waals surface area contributed by atoms with Gasteiger partial charge in [-0.25, -0.2) is 0 Å². The van der Waals surface area contributed by atoms with Crippen molar-refractivity contribution >= 4 is 17.6 Å². The predicted molar refractivity (Wildman–Crippen MR) is 110 cm³/mol. The smallest absolute Gasteiger partial charge is 0.0629 e. The fraction of sp³-hybridized carbons (Fsp3) is 0.435. The maximum absolute atomic E-state index is 4.66. The molecule has 0 fully saturated rings. The van der Waals surface area contributed by atoms with E-state index in [9.17, 15) is 0 Å². The molecule has 132 valence electrons. The van der Waals surface area contributed by atoms with Gasteiger partial charge < -0.3 is 4.90 Å². The number of anilines is 1. The second-order valence-corrected chi connectivity index (χ2v) is 8.24. The van der Waals surface area contributed by atoms with Gasteiger partial charge in [0.2, 0.25) is 0 Å². The van der Waals surface area contributed by atoms with Gasteiger partial charge in [-0.2, -0.15) is 0 Å². The van der Waals surface area contributed by atoms with Crippen molar-refractivity contribution in [2.45, 2.75) is 65.5 Å². The molecule has 0 spiro atoms. The number of hydrogen-bond acceptors (Lipinski definition) is 2. The monoisotopic (exact) mass is 334 g/mol. The molecule has 0 aromatic heterocycles. The van der Waals surface area contributed by atoms with Crippen LogP contribution in [0.1, 0.15) is 63.6 Å². The molecule has 0 aliphatic carbocycles. The number of nitrogens with zero attached hydrogens (tertiary/aromatic N) is 2. The van der Waals surface area contributed by atoms with Gasteiger partial charge in [0.05, 0.1) is 5.69 Å².